The number of allylic oxidation sites excluding steroid dienone is 5. The summed E-state index contributed by atoms with van der Waals surface area (Å²) < 4.78 is 0. The first-order valence-electron chi connectivity index (χ1n) is 13.6. The van der Waals surface area contributed by atoms with Crippen molar-refractivity contribution in [2.75, 3.05) is 0 Å². The molecule has 41 heavy (non-hydrogen) atoms. The van der Waals surface area contributed by atoms with Gasteiger partial charge in [0.2, 0.25) is 5.91 Å². The molecule has 1 atom stereocenters. The molecule has 8 nitrogen and oxygen atoms in total. The van der Waals surface area contributed by atoms with Gasteiger partial charge in [0.1, 0.15) is 0 Å². The summed E-state index contributed by atoms with van der Waals surface area (Å²) in [5.74, 6) is 0.520. The second kappa shape index (κ2) is 10.7. The van der Waals surface area contributed by atoms with Gasteiger partial charge in [-0.25, -0.2) is 4.98 Å². The Morgan fingerprint density at radius 3 is 2.76 bits per heavy atom. The molecule has 206 valence electrons. The molecule has 1 amide bonds. The highest BCUT2D eigenvalue weighted by molar-refractivity contribution is 7.17. The first-order valence-corrected chi connectivity index (χ1v) is 14.4. The number of aromatic nitrogens is 5. The van der Waals surface area contributed by atoms with E-state index in [1.807, 2.05) is 50.5 Å². The number of nitrogens with zero attached hydrogens (tertiary/aromatic N) is 3. The number of H-pyrrole nitrogens is 2. The lowest BCUT2D eigenvalue weighted by Crippen LogP contribution is -2.23. The average Bonchev–Trinajstić information content (AvgIpc) is 3.65. The lowest BCUT2D eigenvalue weighted by atomic mass is 10.0. The minimum Gasteiger partial charge on any atom is -0.352 e. The summed E-state index contributed by atoms with van der Waals surface area (Å²) in [4.78, 5) is 38.6. The molecular formula is C32H30N6O2S. The van der Waals surface area contributed by atoms with Crippen molar-refractivity contribution in [1.29, 1.82) is 0 Å². The van der Waals surface area contributed by atoms with Gasteiger partial charge in [-0.3, -0.25) is 19.7 Å². The van der Waals surface area contributed by atoms with E-state index in [-0.39, 0.29) is 23.5 Å². The Bertz CT molecular complexity index is 1900. The number of pyridine rings is 2. The number of aromatic amines is 2. The molecule has 5 aromatic rings. The zero-order chi connectivity index (χ0) is 28.7. The molecule has 6 rings (SSSR count). The monoisotopic (exact) mass is 562 g/mol. The van der Waals surface area contributed by atoms with Crippen molar-refractivity contribution in [1.82, 2.24) is 30.5 Å². The molecule has 0 spiro atoms. The van der Waals surface area contributed by atoms with Crippen molar-refractivity contribution in [3.8, 4) is 21.8 Å². The molecule has 9 heteroatoms. The minimum absolute atomic E-state index is 0.00300. The van der Waals surface area contributed by atoms with Gasteiger partial charge in [-0.2, -0.15) is 5.10 Å². The van der Waals surface area contributed by atoms with E-state index in [4.69, 9.17) is 0 Å². The maximum Gasteiger partial charge on any atom is 0.224 e. The van der Waals surface area contributed by atoms with E-state index >= 15 is 0 Å². The van der Waals surface area contributed by atoms with Crippen LogP contribution in [0, 0.1) is 11.8 Å². The molecule has 1 aliphatic rings. The smallest absolute Gasteiger partial charge is 0.224 e. The van der Waals surface area contributed by atoms with E-state index in [2.05, 4.69) is 61.7 Å². The maximum atomic E-state index is 12.5. The van der Waals surface area contributed by atoms with Crippen LogP contribution in [0.15, 0.2) is 72.9 Å². The zero-order valence-corrected chi connectivity index (χ0v) is 24.1. The third kappa shape index (κ3) is 5.40. The molecule has 0 aliphatic heterocycles. The fourth-order valence-corrected chi connectivity index (χ4v) is 5.94. The number of nitrogens with one attached hydrogen (secondary N) is 3. The van der Waals surface area contributed by atoms with Crippen LogP contribution >= 0.6 is 11.3 Å². The van der Waals surface area contributed by atoms with Gasteiger partial charge in [0.05, 0.1) is 28.0 Å². The van der Waals surface area contributed by atoms with Crippen molar-refractivity contribution >= 4 is 50.5 Å². The fourth-order valence-electron chi connectivity index (χ4n) is 5.01. The first kappa shape index (κ1) is 26.6. The van der Waals surface area contributed by atoms with Crippen LogP contribution in [0.3, 0.4) is 0 Å². The van der Waals surface area contributed by atoms with Crippen LogP contribution in [-0.2, 0) is 4.79 Å². The standard InChI is InChI=1S/C32H30N6O2S/c1-17(2)9-30(40)35-22-6-5-18(3)10-20(11-22)21-12-24-31(37-38-32(24)34-14-21)26-13-23-25(15-33-16-27(23)36-26)29-8-7-28(41-29)19(4)39/h5-8,10-18,36H,9H2,1-4H3,(H,35,40)(H,34,37,38)/t18-/m0/s1. The highest BCUT2D eigenvalue weighted by Gasteiger charge is 2.17. The molecular weight excluding hydrogens is 532 g/mol. The topological polar surface area (TPSA) is 116 Å². The number of fused-ring (bicyclic) bond motifs is 2. The second-order valence-electron chi connectivity index (χ2n) is 10.8. The Labute approximate surface area is 241 Å². The highest BCUT2D eigenvalue weighted by Crippen LogP contribution is 2.37. The van der Waals surface area contributed by atoms with E-state index in [1.165, 1.54) is 11.3 Å². The van der Waals surface area contributed by atoms with E-state index in [0.717, 1.165) is 59.8 Å². The van der Waals surface area contributed by atoms with Crippen LogP contribution in [-0.4, -0.2) is 36.8 Å². The van der Waals surface area contributed by atoms with Crippen molar-refractivity contribution in [2.24, 2.45) is 11.8 Å². The van der Waals surface area contributed by atoms with Crippen LogP contribution in [0.5, 0.6) is 0 Å². The van der Waals surface area contributed by atoms with Gasteiger partial charge in [-0.05, 0) is 60.8 Å². The van der Waals surface area contributed by atoms with Gasteiger partial charge in [0.15, 0.2) is 11.4 Å². The third-order valence-electron chi connectivity index (χ3n) is 6.99. The van der Waals surface area contributed by atoms with Gasteiger partial charge in [-0.1, -0.05) is 32.9 Å². The average molecular weight is 563 g/mol. The molecule has 0 bridgehead atoms. The van der Waals surface area contributed by atoms with Gasteiger partial charge >= 0.3 is 0 Å². The lowest BCUT2D eigenvalue weighted by molar-refractivity contribution is -0.121. The number of hydrogen-bond donors (Lipinski definition) is 3. The number of rotatable bonds is 7. The largest absolute Gasteiger partial charge is 0.352 e. The number of amides is 1. The SMILES string of the molecule is CC(=O)c1ccc(-c2cncc3[nH]c(-c4[nH]nc5ncc(C6=C[C@@H](C)C=CC(NC(=O)CC(C)C)=C6)cc45)cc23)s1. The van der Waals surface area contributed by atoms with E-state index in [0.29, 0.717) is 12.1 Å². The zero-order valence-electron chi connectivity index (χ0n) is 23.3. The van der Waals surface area contributed by atoms with Gasteiger partial charge in [0.25, 0.3) is 0 Å². The van der Waals surface area contributed by atoms with Crippen LogP contribution < -0.4 is 5.32 Å². The molecule has 0 saturated carbocycles. The molecule has 5 aromatic heterocycles. The summed E-state index contributed by atoms with van der Waals surface area (Å²) in [6, 6.07) is 7.99. The predicted molar refractivity (Wildman–Crippen MR) is 164 cm³/mol. The Hall–Kier alpha value is -4.63. The molecule has 3 N–H and O–H groups in total. The van der Waals surface area contributed by atoms with Crippen molar-refractivity contribution in [3.05, 3.63) is 83.3 Å². The molecule has 0 unspecified atom stereocenters. The highest BCUT2D eigenvalue weighted by atomic mass is 32.1. The summed E-state index contributed by atoms with van der Waals surface area (Å²) in [6.07, 6.45) is 14.1. The maximum absolute atomic E-state index is 12.5. The summed E-state index contributed by atoms with van der Waals surface area (Å²) in [5.41, 5.74) is 6.82. The van der Waals surface area contributed by atoms with Gasteiger partial charge < -0.3 is 10.3 Å². The minimum atomic E-state index is 0.00300. The summed E-state index contributed by atoms with van der Waals surface area (Å²) in [7, 11) is 0. The number of carbonyl (C=O) groups is 2. The number of thiophene rings is 1. The Kier molecular flexibility index (Phi) is 6.96. The van der Waals surface area contributed by atoms with Crippen molar-refractivity contribution in [2.45, 2.75) is 34.1 Å². The molecule has 0 fully saturated rings. The summed E-state index contributed by atoms with van der Waals surface area (Å²) in [6.45, 7) is 7.76. The van der Waals surface area contributed by atoms with E-state index in [1.54, 1.807) is 13.1 Å². The van der Waals surface area contributed by atoms with Crippen LogP contribution in [0.4, 0.5) is 0 Å². The van der Waals surface area contributed by atoms with E-state index < -0.39 is 0 Å². The molecule has 5 heterocycles. The van der Waals surface area contributed by atoms with Gasteiger partial charge in [0, 0.05) is 51.3 Å². The van der Waals surface area contributed by atoms with Crippen LogP contribution in [0.2, 0.25) is 0 Å². The summed E-state index contributed by atoms with van der Waals surface area (Å²) in [5, 5.41) is 12.6. The number of carbonyl (C=O) groups excluding carboxylic acids is 2. The number of ketones is 1. The van der Waals surface area contributed by atoms with Crippen molar-refractivity contribution in [3.63, 3.8) is 0 Å². The normalized spacial score (nSPS) is 15.3. The Balaban J connectivity index is 1.38. The lowest BCUT2D eigenvalue weighted by Gasteiger charge is -2.09. The predicted octanol–water partition coefficient (Wildman–Crippen LogP) is 7.07. The Morgan fingerprint density at radius 1 is 1.12 bits per heavy atom. The van der Waals surface area contributed by atoms with Crippen LogP contribution in [0.25, 0.3) is 49.3 Å². The third-order valence-corrected chi connectivity index (χ3v) is 8.21. The quantitative estimate of drug-likeness (QED) is 0.184. The Morgan fingerprint density at radius 2 is 1.98 bits per heavy atom. The molecule has 0 saturated heterocycles. The summed E-state index contributed by atoms with van der Waals surface area (Å²) >= 11 is 1.47. The first-order chi connectivity index (χ1) is 19.7. The van der Waals surface area contributed by atoms with Crippen LogP contribution in [0.1, 0.15) is 49.4 Å². The number of Topliss-reactive ketones (excluding diaryl/α,β-unsaturated/α-hetero) is 1. The van der Waals surface area contributed by atoms with Crippen molar-refractivity contribution < 1.29 is 9.59 Å². The van der Waals surface area contributed by atoms with E-state index in [9.17, 15) is 9.59 Å². The second-order valence-corrected chi connectivity index (χ2v) is 11.9. The van der Waals surface area contributed by atoms with Gasteiger partial charge in [-0.15, -0.1) is 11.3 Å². The molecule has 0 aromatic carbocycles. The molecule has 1 aliphatic carbocycles. The molecule has 0 radical (unpaired) electrons. The fraction of sp³-hybridized carbons (Fsp3) is 0.219. The number of hydrogen-bond acceptors (Lipinski definition) is 6.